The van der Waals surface area contributed by atoms with E-state index in [4.69, 9.17) is 16.3 Å². The highest BCUT2D eigenvalue weighted by atomic mass is 35.5. The Kier molecular flexibility index (Phi) is 5.01. The molecule has 1 aliphatic rings. The zero-order valence-electron chi connectivity index (χ0n) is 11.6. The molecule has 1 heterocycles. The first-order chi connectivity index (χ1) is 10.0. The summed E-state index contributed by atoms with van der Waals surface area (Å²) in [6.07, 6.45) is 0.369. The van der Waals surface area contributed by atoms with E-state index in [1.54, 1.807) is 6.92 Å². The number of halogens is 2. The van der Waals surface area contributed by atoms with Gasteiger partial charge < -0.3 is 15.0 Å². The number of cyclic esters (lactones) is 1. The second-order valence-electron chi connectivity index (χ2n) is 4.76. The lowest BCUT2D eigenvalue weighted by atomic mass is 10.1. The zero-order valence-corrected chi connectivity index (χ0v) is 12.4. The summed E-state index contributed by atoms with van der Waals surface area (Å²) in [5.74, 6) is -1.26. The standard InChI is InChI=1S/C14H16ClFN2O3/c1-9-3-4-10(16)11(12(9)15)13(19)17-5-7-18-6-2-8-21-14(18)20/h3-4H,2,5-8H2,1H3,(H,17,19). The van der Waals surface area contributed by atoms with Crippen molar-refractivity contribution < 1.29 is 18.7 Å². The van der Waals surface area contributed by atoms with Gasteiger partial charge in [-0.1, -0.05) is 17.7 Å². The molecule has 1 aromatic carbocycles. The monoisotopic (exact) mass is 314 g/mol. The molecule has 0 radical (unpaired) electrons. The van der Waals surface area contributed by atoms with Crippen LogP contribution in [0.1, 0.15) is 22.3 Å². The Hall–Kier alpha value is -1.82. The van der Waals surface area contributed by atoms with E-state index in [0.717, 1.165) is 6.42 Å². The molecule has 0 saturated carbocycles. The molecular formula is C14H16ClFN2O3. The number of rotatable bonds is 4. The Labute approximate surface area is 127 Å². The maximum absolute atomic E-state index is 13.7. The van der Waals surface area contributed by atoms with E-state index >= 15 is 0 Å². The third-order valence-corrected chi connectivity index (χ3v) is 3.72. The van der Waals surface area contributed by atoms with Crippen LogP contribution in [0.2, 0.25) is 5.02 Å². The maximum atomic E-state index is 13.7. The molecule has 0 atom stereocenters. The van der Waals surface area contributed by atoms with Gasteiger partial charge in [-0.2, -0.15) is 0 Å². The smallest absolute Gasteiger partial charge is 0.409 e. The normalized spacial score (nSPS) is 14.8. The van der Waals surface area contributed by atoms with Crippen molar-refractivity contribution >= 4 is 23.6 Å². The molecule has 1 aromatic rings. The number of hydrogen-bond donors (Lipinski definition) is 1. The molecule has 0 aliphatic carbocycles. The summed E-state index contributed by atoms with van der Waals surface area (Å²) in [4.78, 5) is 24.9. The van der Waals surface area contributed by atoms with Gasteiger partial charge in [0.1, 0.15) is 5.82 Å². The number of amides is 2. The van der Waals surface area contributed by atoms with Gasteiger partial charge in [0, 0.05) is 19.6 Å². The minimum Gasteiger partial charge on any atom is -0.449 e. The fourth-order valence-corrected chi connectivity index (χ4v) is 2.30. The van der Waals surface area contributed by atoms with Crippen molar-refractivity contribution in [2.45, 2.75) is 13.3 Å². The van der Waals surface area contributed by atoms with Gasteiger partial charge in [-0.15, -0.1) is 0 Å². The number of ether oxygens (including phenoxy) is 1. The Morgan fingerprint density at radius 3 is 3.00 bits per heavy atom. The molecule has 1 fully saturated rings. The number of hydrogen-bond acceptors (Lipinski definition) is 3. The number of nitrogens with one attached hydrogen (secondary N) is 1. The van der Waals surface area contributed by atoms with E-state index in [0.29, 0.717) is 25.3 Å². The zero-order chi connectivity index (χ0) is 15.4. The van der Waals surface area contributed by atoms with Gasteiger partial charge in [0.15, 0.2) is 0 Å². The molecule has 2 rings (SSSR count). The van der Waals surface area contributed by atoms with Crippen LogP contribution in [0.25, 0.3) is 0 Å². The van der Waals surface area contributed by atoms with Crippen LogP contribution >= 0.6 is 11.6 Å². The molecular weight excluding hydrogens is 299 g/mol. The number of carbonyl (C=O) groups excluding carboxylic acids is 2. The van der Waals surface area contributed by atoms with Crippen LogP contribution in [-0.4, -0.2) is 43.1 Å². The molecule has 7 heteroatoms. The van der Waals surface area contributed by atoms with Crippen molar-refractivity contribution in [2.24, 2.45) is 0 Å². The molecule has 0 spiro atoms. The fraction of sp³-hybridized carbons (Fsp3) is 0.429. The Morgan fingerprint density at radius 2 is 2.29 bits per heavy atom. The van der Waals surface area contributed by atoms with Crippen molar-refractivity contribution in [3.8, 4) is 0 Å². The van der Waals surface area contributed by atoms with Crippen LogP contribution in [0.15, 0.2) is 12.1 Å². The van der Waals surface area contributed by atoms with Gasteiger partial charge in [0.2, 0.25) is 0 Å². The van der Waals surface area contributed by atoms with Gasteiger partial charge in [0.05, 0.1) is 17.2 Å². The second-order valence-corrected chi connectivity index (χ2v) is 5.14. The van der Waals surface area contributed by atoms with Gasteiger partial charge >= 0.3 is 6.09 Å². The number of nitrogens with zero attached hydrogens (tertiary/aromatic N) is 1. The number of benzene rings is 1. The average Bonchev–Trinajstić information content (AvgIpc) is 2.45. The lowest BCUT2D eigenvalue weighted by Crippen LogP contribution is -2.42. The molecule has 0 bridgehead atoms. The largest absolute Gasteiger partial charge is 0.449 e. The second kappa shape index (κ2) is 6.76. The number of aryl methyl sites for hydroxylation is 1. The Bertz CT molecular complexity index is 565. The summed E-state index contributed by atoms with van der Waals surface area (Å²) >= 11 is 5.96. The average molecular weight is 315 g/mol. The predicted octanol–water partition coefficient (Wildman–Crippen LogP) is 2.36. The topological polar surface area (TPSA) is 58.6 Å². The van der Waals surface area contributed by atoms with Gasteiger partial charge in [-0.25, -0.2) is 9.18 Å². The van der Waals surface area contributed by atoms with Crippen LogP contribution in [0.4, 0.5) is 9.18 Å². The van der Waals surface area contributed by atoms with E-state index in [9.17, 15) is 14.0 Å². The first kappa shape index (κ1) is 15.6. The summed E-state index contributed by atoms with van der Waals surface area (Å²) in [5.41, 5.74) is 0.459. The van der Waals surface area contributed by atoms with Gasteiger partial charge in [-0.3, -0.25) is 4.79 Å². The van der Waals surface area contributed by atoms with E-state index in [1.165, 1.54) is 17.0 Å². The molecule has 0 unspecified atom stereocenters. The minimum absolute atomic E-state index is 0.102. The highest BCUT2D eigenvalue weighted by Crippen LogP contribution is 2.23. The van der Waals surface area contributed by atoms with E-state index in [2.05, 4.69) is 5.32 Å². The highest BCUT2D eigenvalue weighted by molar-refractivity contribution is 6.34. The van der Waals surface area contributed by atoms with Crippen molar-refractivity contribution in [2.75, 3.05) is 26.2 Å². The SMILES string of the molecule is Cc1ccc(F)c(C(=O)NCCN2CCCOC2=O)c1Cl. The molecule has 1 N–H and O–H groups in total. The molecule has 5 nitrogen and oxygen atoms in total. The first-order valence-corrected chi connectivity index (χ1v) is 7.03. The summed E-state index contributed by atoms with van der Waals surface area (Å²) in [6, 6.07) is 2.72. The van der Waals surface area contributed by atoms with Crippen molar-refractivity contribution in [1.82, 2.24) is 10.2 Å². The van der Waals surface area contributed by atoms with E-state index in [1.807, 2.05) is 0 Å². The summed E-state index contributed by atoms with van der Waals surface area (Å²) in [5, 5.41) is 2.66. The van der Waals surface area contributed by atoms with Crippen molar-refractivity contribution in [3.63, 3.8) is 0 Å². The van der Waals surface area contributed by atoms with E-state index in [-0.39, 0.29) is 17.1 Å². The summed E-state index contributed by atoms with van der Waals surface area (Å²) in [7, 11) is 0. The van der Waals surface area contributed by atoms with Gasteiger partial charge in [-0.05, 0) is 25.0 Å². The Balaban J connectivity index is 1.93. The molecule has 114 valence electrons. The first-order valence-electron chi connectivity index (χ1n) is 6.65. The van der Waals surface area contributed by atoms with Gasteiger partial charge in [0.25, 0.3) is 5.91 Å². The van der Waals surface area contributed by atoms with Crippen LogP contribution < -0.4 is 5.32 Å². The molecule has 21 heavy (non-hydrogen) atoms. The minimum atomic E-state index is -0.666. The predicted molar refractivity (Wildman–Crippen MR) is 76.0 cm³/mol. The van der Waals surface area contributed by atoms with E-state index < -0.39 is 17.8 Å². The number of carbonyl (C=O) groups is 2. The third-order valence-electron chi connectivity index (χ3n) is 3.23. The molecule has 2 amide bonds. The molecule has 1 aliphatic heterocycles. The van der Waals surface area contributed by atoms with Crippen LogP contribution in [0.5, 0.6) is 0 Å². The highest BCUT2D eigenvalue weighted by Gasteiger charge is 2.20. The van der Waals surface area contributed by atoms with Crippen LogP contribution in [-0.2, 0) is 4.74 Å². The lowest BCUT2D eigenvalue weighted by Gasteiger charge is -2.26. The van der Waals surface area contributed by atoms with Crippen LogP contribution in [0, 0.1) is 12.7 Å². The quantitative estimate of drug-likeness (QED) is 0.928. The third kappa shape index (κ3) is 3.64. The Morgan fingerprint density at radius 1 is 1.52 bits per heavy atom. The lowest BCUT2D eigenvalue weighted by molar-refractivity contribution is 0.0719. The summed E-state index contributed by atoms with van der Waals surface area (Å²) in [6.45, 7) is 3.23. The van der Waals surface area contributed by atoms with Crippen molar-refractivity contribution in [1.29, 1.82) is 0 Å². The maximum Gasteiger partial charge on any atom is 0.409 e. The fourth-order valence-electron chi connectivity index (χ4n) is 2.06. The summed E-state index contributed by atoms with van der Waals surface area (Å²) < 4.78 is 18.6. The van der Waals surface area contributed by atoms with Crippen molar-refractivity contribution in [3.05, 3.63) is 34.1 Å². The molecule has 1 saturated heterocycles. The van der Waals surface area contributed by atoms with Crippen LogP contribution in [0.3, 0.4) is 0 Å². The molecule has 0 aromatic heterocycles.